The number of hydrogen-bond donors (Lipinski definition) is 0. The second kappa shape index (κ2) is 7.20. The van der Waals surface area contributed by atoms with E-state index in [0.717, 1.165) is 16.7 Å². The molecule has 3 rings (SSSR count). The van der Waals surface area contributed by atoms with Crippen LogP contribution in [0.3, 0.4) is 0 Å². The van der Waals surface area contributed by atoms with E-state index in [1.165, 1.54) is 18.2 Å². The summed E-state index contributed by atoms with van der Waals surface area (Å²) in [5.41, 5.74) is 3.03. The molecule has 0 unspecified atom stereocenters. The van der Waals surface area contributed by atoms with Gasteiger partial charge in [-0.05, 0) is 44.0 Å². The van der Waals surface area contributed by atoms with Crippen LogP contribution in [0.15, 0.2) is 41.3 Å². The number of Topliss-reactive ketones (excluding diaryl/α,β-unsaturated/α-hetero) is 1. The van der Waals surface area contributed by atoms with Crippen molar-refractivity contribution in [2.75, 3.05) is 13.2 Å². The van der Waals surface area contributed by atoms with Gasteiger partial charge in [0.25, 0.3) is 15.9 Å². The fourth-order valence-electron chi connectivity index (χ4n) is 3.39. The fraction of sp³-hybridized carbons (Fsp3) is 0.250. The summed E-state index contributed by atoms with van der Waals surface area (Å²) in [7, 11) is -4.10. The van der Waals surface area contributed by atoms with E-state index in [2.05, 4.69) is 0 Å². The molecule has 0 fully saturated rings. The highest BCUT2D eigenvalue weighted by molar-refractivity contribution is 7.90. The molecule has 0 aliphatic carbocycles. The summed E-state index contributed by atoms with van der Waals surface area (Å²) in [4.78, 5) is 36.7. The smallest absolute Gasteiger partial charge is 0.327 e. The maximum Gasteiger partial charge on any atom is 0.327 e. The lowest BCUT2D eigenvalue weighted by molar-refractivity contribution is -0.142. The van der Waals surface area contributed by atoms with Crippen LogP contribution in [0.25, 0.3) is 0 Å². The zero-order valence-corrected chi connectivity index (χ0v) is 16.5. The fourth-order valence-corrected chi connectivity index (χ4v) is 4.90. The zero-order chi connectivity index (χ0) is 20.6. The predicted molar refractivity (Wildman–Crippen MR) is 101 cm³/mol. The third-order valence-corrected chi connectivity index (χ3v) is 6.29. The van der Waals surface area contributed by atoms with Crippen molar-refractivity contribution >= 4 is 27.7 Å². The molecule has 1 aliphatic heterocycles. The van der Waals surface area contributed by atoms with Crippen molar-refractivity contribution in [3.8, 4) is 0 Å². The molecule has 146 valence electrons. The third-order valence-electron chi connectivity index (χ3n) is 4.50. The monoisotopic (exact) mass is 401 g/mol. The first-order chi connectivity index (χ1) is 13.1. The van der Waals surface area contributed by atoms with Crippen LogP contribution in [-0.4, -0.2) is 43.5 Å². The van der Waals surface area contributed by atoms with Crippen molar-refractivity contribution in [1.82, 2.24) is 4.31 Å². The Kier molecular flexibility index (Phi) is 5.08. The van der Waals surface area contributed by atoms with Crippen LogP contribution in [-0.2, 0) is 19.6 Å². The van der Waals surface area contributed by atoms with E-state index in [1.54, 1.807) is 19.9 Å². The summed E-state index contributed by atoms with van der Waals surface area (Å²) in [5.74, 6) is -2.15. The van der Waals surface area contributed by atoms with Crippen molar-refractivity contribution in [3.05, 3.63) is 64.2 Å². The Labute approximate surface area is 163 Å². The maximum absolute atomic E-state index is 12.4. The van der Waals surface area contributed by atoms with Gasteiger partial charge in [-0.25, -0.2) is 12.7 Å². The SMILES string of the molecule is Cc1cc(C)c(C(=O)COC(=O)CN2C(=O)c3ccccc3S2(=O)=O)c(C)c1. The molecule has 0 saturated carbocycles. The number of fused-ring (bicyclic) bond motifs is 1. The molecule has 0 spiro atoms. The van der Waals surface area contributed by atoms with Crippen LogP contribution < -0.4 is 0 Å². The standard InChI is InChI=1S/C20H19NO6S/c1-12-8-13(2)19(14(3)9-12)16(22)11-27-18(23)10-21-20(24)15-6-4-5-7-17(15)28(21,25)26/h4-9H,10-11H2,1-3H3. The summed E-state index contributed by atoms with van der Waals surface area (Å²) in [6, 6.07) is 9.44. The molecule has 7 nitrogen and oxygen atoms in total. The van der Waals surface area contributed by atoms with Gasteiger partial charge in [-0.3, -0.25) is 14.4 Å². The number of aryl methyl sites for hydroxylation is 3. The number of sulfonamides is 1. The van der Waals surface area contributed by atoms with Crippen LogP contribution in [0, 0.1) is 20.8 Å². The number of carbonyl (C=O) groups is 3. The Bertz CT molecular complexity index is 1080. The van der Waals surface area contributed by atoms with Gasteiger partial charge < -0.3 is 4.74 Å². The maximum atomic E-state index is 12.4. The Hall–Kier alpha value is -3.00. The van der Waals surface area contributed by atoms with Gasteiger partial charge in [0.15, 0.2) is 6.61 Å². The Morgan fingerprint density at radius 3 is 2.25 bits per heavy atom. The summed E-state index contributed by atoms with van der Waals surface area (Å²) < 4.78 is 30.3. The predicted octanol–water partition coefficient (Wildman–Crippen LogP) is 2.18. The van der Waals surface area contributed by atoms with E-state index < -0.39 is 35.1 Å². The van der Waals surface area contributed by atoms with Gasteiger partial charge >= 0.3 is 5.97 Å². The molecule has 0 radical (unpaired) electrons. The van der Waals surface area contributed by atoms with Crippen LogP contribution in [0.5, 0.6) is 0 Å². The molecule has 8 heteroatoms. The van der Waals surface area contributed by atoms with Gasteiger partial charge in [-0.15, -0.1) is 0 Å². The van der Waals surface area contributed by atoms with E-state index in [1.807, 2.05) is 19.1 Å². The minimum atomic E-state index is -4.10. The minimum absolute atomic E-state index is 0.0114. The van der Waals surface area contributed by atoms with E-state index in [4.69, 9.17) is 4.74 Å². The third kappa shape index (κ3) is 3.43. The molecular weight excluding hydrogens is 382 g/mol. The number of carbonyl (C=O) groups excluding carboxylic acids is 3. The normalized spacial score (nSPS) is 14.7. The second-order valence-corrected chi connectivity index (χ2v) is 8.50. The lowest BCUT2D eigenvalue weighted by Gasteiger charge is -2.15. The Morgan fingerprint density at radius 1 is 1.04 bits per heavy atom. The molecule has 2 aromatic rings. The first-order valence-electron chi connectivity index (χ1n) is 8.55. The van der Waals surface area contributed by atoms with Gasteiger partial charge in [0.1, 0.15) is 11.4 Å². The first kappa shape index (κ1) is 19.8. The van der Waals surface area contributed by atoms with Crippen LogP contribution in [0.4, 0.5) is 0 Å². The summed E-state index contributed by atoms with van der Waals surface area (Å²) in [6.07, 6.45) is 0. The zero-order valence-electron chi connectivity index (χ0n) is 15.7. The molecule has 0 N–H and O–H groups in total. The van der Waals surface area contributed by atoms with Gasteiger partial charge in [0.05, 0.1) is 5.56 Å². The Balaban J connectivity index is 1.69. The van der Waals surface area contributed by atoms with Crippen LogP contribution in [0.1, 0.15) is 37.4 Å². The lowest BCUT2D eigenvalue weighted by atomic mass is 9.97. The molecule has 0 saturated heterocycles. The van der Waals surface area contributed by atoms with Crippen molar-refractivity contribution in [3.63, 3.8) is 0 Å². The van der Waals surface area contributed by atoms with E-state index >= 15 is 0 Å². The summed E-state index contributed by atoms with van der Waals surface area (Å²) in [5, 5.41) is 0. The van der Waals surface area contributed by atoms with E-state index in [9.17, 15) is 22.8 Å². The summed E-state index contributed by atoms with van der Waals surface area (Å²) in [6.45, 7) is 4.19. The number of rotatable bonds is 5. The molecule has 28 heavy (non-hydrogen) atoms. The molecule has 1 amide bonds. The number of ketones is 1. The van der Waals surface area contributed by atoms with E-state index in [-0.39, 0.29) is 16.2 Å². The van der Waals surface area contributed by atoms with Crippen molar-refractivity contribution in [2.45, 2.75) is 25.7 Å². The second-order valence-electron chi connectivity index (χ2n) is 6.67. The first-order valence-corrected chi connectivity index (χ1v) is 9.99. The van der Waals surface area contributed by atoms with Crippen molar-refractivity contribution < 1.29 is 27.5 Å². The molecular formula is C20H19NO6S. The highest BCUT2D eigenvalue weighted by atomic mass is 32.2. The average Bonchev–Trinajstić information content (AvgIpc) is 2.80. The van der Waals surface area contributed by atoms with Crippen molar-refractivity contribution in [2.24, 2.45) is 0 Å². The topological polar surface area (TPSA) is 97.8 Å². The van der Waals surface area contributed by atoms with Crippen LogP contribution >= 0.6 is 0 Å². The van der Waals surface area contributed by atoms with Gasteiger partial charge in [0, 0.05) is 5.56 Å². The minimum Gasteiger partial charge on any atom is -0.456 e. The largest absolute Gasteiger partial charge is 0.456 e. The number of esters is 1. The van der Waals surface area contributed by atoms with Crippen LogP contribution in [0.2, 0.25) is 0 Å². The number of amides is 1. The molecule has 0 atom stereocenters. The average molecular weight is 401 g/mol. The molecule has 2 aromatic carbocycles. The summed E-state index contributed by atoms with van der Waals surface area (Å²) >= 11 is 0. The van der Waals surface area contributed by atoms with E-state index in [0.29, 0.717) is 9.87 Å². The van der Waals surface area contributed by atoms with Crippen molar-refractivity contribution in [1.29, 1.82) is 0 Å². The molecule has 1 heterocycles. The van der Waals surface area contributed by atoms with Gasteiger partial charge in [-0.2, -0.15) is 0 Å². The lowest BCUT2D eigenvalue weighted by Crippen LogP contribution is -2.36. The number of nitrogens with zero attached hydrogens (tertiary/aromatic N) is 1. The molecule has 0 bridgehead atoms. The number of ether oxygens (including phenoxy) is 1. The Morgan fingerprint density at radius 2 is 1.64 bits per heavy atom. The quantitative estimate of drug-likeness (QED) is 0.563. The number of hydrogen-bond acceptors (Lipinski definition) is 6. The molecule has 1 aliphatic rings. The van der Waals surface area contributed by atoms with Gasteiger partial charge in [0.2, 0.25) is 5.78 Å². The highest BCUT2D eigenvalue weighted by Crippen LogP contribution is 2.29. The highest BCUT2D eigenvalue weighted by Gasteiger charge is 2.42. The number of benzene rings is 2. The molecule has 0 aromatic heterocycles. The van der Waals surface area contributed by atoms with Gasteiger partial charge in [-0.1, -0.05) is 29.8 Å².